The molecule has 3 nitrogen and oxygen atoms in total. The smallest absolute Gasteiger partial charge is 0.243 e. The Hall–Kier alpha value is -0.570. The summed E-state index contributed by atoms with van der Waals surface area (Å²) >= 11 is 0. The molecular weight excluding hydrogens is 166 g/mol. The second kappa shape index (κ2) is 8.05. The van der Waals surface area contributed by atoms with Crippen LogP contribution in [0.1, 0.15) is 39.5 Å². The highest BCUT2D eigenvalue weighted by Crippen LogP contribution is 2.12. The average molecular weight is 187 g/mol. The molecule has 0 aromatic heterocycles. The molecule has 0 bridgehead atoms. The minimum atomic E-state index is -0.384. The fourth-order valence-corrected chi connectivity index (χ4v) is 1.22. The summed E-state index contributed by atoms with van der Waals surface area (Å²) in [7, 11) is 0. The third kappa shape index (κ3) is 7.78. The highest BCUT2D eigenvalue weighted by Gasteiger charge is 2.06. The molecule has 0 rings (SSSR count). The van der Waals surface area contributed by atoms with Crippen LogP contribution in [0.25, 0.3) is 0 Å². The molecule has 3 heteroatoms. The lowest BCUT2D eigenvalue weighted by atomic mass is 10.0. The molecule has 2 N–H and O–H groups in total. The van der Waals surface area contributed by atoms with Crippen LogP contribution in [0.15, 0.2) is 0 Å². The molecule has 1 amide bonds. The number of hydrogen-bond donors (Lipinski definition) is 1. The van der Waals surface area contributed by atoms with Crippen molar-refractivity contribution in [3.63, 3.8) is 0 Å². The van der Waals surface area contributed by atoms with Gasteiger partial charge in [0.05, 0.1) is 6.61 Å². The molecule has 13 heavy (non-hydrogen) atoms. The Morgan fingerprint density at radius 3 is 2.62 bits per heavy atom. The van der Waals surface area contributed by atoms with E-state index >= 15 is 0 Å². The minimum Gasteiger partial charge on any atom is -0.371 e. The standard InChI is InChI=1S/C10H21NO2/c1-3-5-6-9(4-2)7-13-8-10(11)12/h9H,3-8H2,1-2H3,(H2,11,12). The SMILES string of the molecule is CCCCC(CC)COCC(N)=O. The molecule has 78 valence electrons. The number of primary amides is 1. The summed E-state index contributed by atoms with van der Waals surface area (Å²) in [5, 5.41) is 0. The molecule has 0 saturated carbocycles. The minimum absolute atomic E-state index is 0.0582. The van der Waals surface area contributed by atoms with Crippen LogP contribution in [0.3, 0.4) is 0 Å². The number of carbonyl (C=O) groups excluding carboxylic acids is 1. The van der Waals surface area contributed by atoms with Gasteiger partial charge in [-0.25, -0.2) is 0 Å². The molecule has 0 aliphatic heterocycles. The van der Waals surface area contributed by atoms with Crippen molar-refractivity contribution in [3.05, 3.63) is 0 Å². The monoisotopic (exact) mass is 187 g/mol. The van der Waals surface area contributed by atoms with E-state index in [-0.39, 0.29) is 12.5 Å². The van der Waals surface area contributed by atoms with Crippen molar-refractivity contribution in [2.45, 2.75) is 39.5 Å². The first-order chi connectivity index (χ1) is 6.20. The lowest BCUT2D eigenvalue weighted by Gasteiger charge is -2.13. The molecule has 0 spiro atoms. The first kappa shape index (κ1) is 12.4. The molecule has 1 unspecified atom stereocenters. The largest absolute Gasteiger partial charge is 0.371 e. The van der Waals surface area contributed by atoms with Gasteiger partial charge in [0.1, 0.15) is 6.61 Å². The third-order valence-electron chi connectivity index (χ3n) is 2.14. The normalized spacial score (nSPS) is 12.8. The third-order valence-corrected chi connectivity index (χ3v) is 2.14. The lowest BCUT2D eigenvalue weighted by Crippen LogP contribution is -2.20. The Morgan fingerprint density at radius 2 is 2.15 bits per heavy atom. The Labute approximate surface area is 80.6 Å². The molecule has 0 aromatic carbocycles. The topological polar surface area (TPSA) is 52.3 Å². The van der Waals surface area contributed by atoms with Gasteiger partial charge in [0.2, 0.25) is 5.91 Å². The van der Waals surface area contributed by atoms with Gasteiger partial charge in [0.15, 0.2) is 0 Å². The van der Waals surface area contributed by atoms with Gasteiger partial charge >= 0.3 is 0 Å². The van der Waals surface area contributed by atoms with Gasteiger partial charge in [-0.05, 0) is 12.3 Å². The quantitative estimate of drug-likeness (QED) is 0.629. The van der Waals surface area contributed by atoms with Crippen molar-refractivity contribution in [1.82, 2.24) is 0 Å². The van der Waals surface area contributed by atoms with E-state index in [1.165, 1.54) is 19.3 Å². The maximum atomic E-state index is 10.4. The number of rotatable bonds is 8. The summed E-state index contributed by atoms with van der Waals surface area (Å²) in [6.45, 7) is 5.05. The van der Waals surface area contributed by atoms with Gasteiger partial charge in [0, 0.05) is 0 Å². The number of carbonyl (C=O) groups is 1. The number of ether oxygens (including phenoxy) is 1. The van der Waals surface area contributed by atoms with Gasteiger partial charge in [-0.3, -0.25) is 4.79 Å². The van der Waals surface area contributed by atoms with Crippen molar-refractivity contribution in [2.24, 2.45) is 11.7 Å². The van der Waals surface area contributed by atoms with Crippen molar-refractivity contribution in [2.75, 3.05) is 13.2 Å². The van der Waals surface area contributed by atoms with E-state index < -0.39 is 0 Å². The molecule has 0 aliphatic carbocycles. The predicted molar refractivity (Wildman–Crippen MR) is 53.3 cm³/mol. The Bertz CT molecular complexity index is 137. The van der Waals surface area contributed by atoms with Gasteiger partial charge in [0.25, 0.3) is 0 Å². The van der Waals surface area contributed by atoms with E-state index in [4.69, 9.17) is 10.5 Å². The molecule has 0 aliphatic rings. The van der Waals surface area contributed by atoms with E-state index in [2.05, 4.69) is 13.8 Å². The van der Waals surface area contributed by atoms with Crippen LogP contribution < -0.4 is 5.73 Å². The summed E-state index contributed by atoms with van der Waals surface area (Å²) in [6, 6.07) is 0. The fraction of sp³-hybridized carbons (Fsp3) is 0.900. The van der Waals surface area contributed by atoms with Gasteiger partial charge < -0.3 is 10.5 Å². The second-order valence-electron chi connectivity index (χ2n) is 3.40. The molecule has 0 radical (unpaired) electrons. The van der Waals surface area contributed by atoms with Crippen LogP contribution in [0, 0.1) is 5.92 Å². The zero-order valence-electron chi connectivity index (χ0n) is 8.71. The van der Waals surface area contributed by atoms with Gasteiger partial charge in [-0.1, -0.05) is 33.1 Å². The Morgan fingerprint density at radius 1 is 1.46 bits per heavy atom. The average Bonchev–Trinajstić information content (AvgIpc) is 2.10. The van der Waals surface area contributed by atoms with Crippen molar-refractivity contribution >= 4 is 5.91 Å². The van der Waals surface area contributed by atoms with Crippen molar-refractivity contribution < 1.29 is 9.53 Å². The number of nitrogens with two attached hydrogens (primary N) is 1. The van der Waals surface area contributed by atoms with E-state index in [0.29, 0.717) is 12.5 Å². The van der Waals surface area contributed by atoms with Crippen molar-refractivity contribution in [1.29, 1.82) is 0 Å². The number of amides is 1. The second-order valence-corrected chi connectivity index (χ2v) is 3.40. The zero-order chi connectivity index (χ0) is 10.1. The highest BCUT2D eigenvalue weighted by molar-refractivity contribution is 5.74. The van der Waals surface area contributed by atoms with Crippen molar-refractivity contribution in [3.8, 4) is 0 Å². The van der Waals surface area contributed by atoms with E-state index in [1.807, 2.05) is 0 Å². The summed E-state index contributed by atoms with van der Waals surface area (Å²) in [5.41, 5.74) is 4.96. The number of unbranched alkanes of at least 4 members (excludes halogenated alkanes) is 1. The molecule has 0 heterocycles. The van der Waals surface area contributed by atoms with Crippen LogP contribution in [-0.4, -0.2) is 19.1 Å². The molecule has 0 saturated heterocycles. The molecule has 1 atom stereocenters. The molecule has 0 fully saturated rings. The van der Waals surface area contributed by atoms with E-state index in [1.54, 1.807) is 0 Å². The van der Waals surface area contributed by atoms with Crippen LogP contribution in [0.5, 0.6) is 0 Å². The van der Waals surface area contributed by atoms with Crippen LogP contribution >= 0.6 is 0 Å². The first-order valence-electron chi connectivity index (χ1n) is 5.06. The van der Waals surface area contributed by atoms with Gasteiger partial charge in [-0.2, -0.15) is 0 Å². The molecule has 0 aromatic rings. The Balaban J connectivity index is 3.41. The zero-order valence-corrected chi connectivity index (χ0v) is 8.71. The summed E-state index contributed by atoms with van der Waals surface area (Å²) in [5.74, 6) is 0.199. The van der Waals surface area contributed by atoms with Crippen LogP contribution in [-0.2, 0) is 9.53 Å². The predicted octanol–water partition coefficient (Wildman–Crippen LogP) is 1.70. The summed E-state index contributed by atoms with van der Waals surface area (Å²) in [4.78, 5) is 10.4. The first-order valence-corrected chi connectivity index (χ1v) is 5.06. The van der Waals surface area contributed by atoms with E-state index in [9.17, 15) is 4.79 Å². The molecular formula is C10H21NO2. The maximum absolute atomic E-state index is 10.4. The summed E-state index contributed by atoms with van der Waals surface area (Å²) < 4.78 is 5.17. The maximum Gasteiger partial charge on any atom is 0.243 e. The van der Waals surface area contributed by atoms with Gasteiger partial charge in [-0.15, -0.1) is 0 Å². The van der Waals surface area contributed by atoms with Crippen LogP contribution in [0.2, 0.25) is 0 Å². The fourth-order valence-electron chi connectivity index (χ4n) is 1.22. The van der Waals surface area contributed by atoms with E-state index in [0.717, 1.165) is 6.42 Å². The highest BCUT2D eigenvalue weighted by atomic mass is 16.5. The summed E-state index contributed by atoms with van der Waals surface area (Å²) in [6.07, 6.45) is 4.75. The lowest BCUT2D eigenvalue weighted by molar-refractivity contribution is -0.123. The number of hydrogen-bond acceptors (Lipinski definition) is 2. The van der Waals surface area contributed by atoms with Crippen LogP contribution in [0.4, 0.5) is 0 Å². The Kier molecular flexibility index (Phi) is 7.69.